The number of hydrogen-bond acceptors (Lipinski definition) is 5. The molecule has 19 heavy (non-hydrogen) atoms. The Morgan fingerprint density at radius 2 is 1.79 bits per heavy atom. The molecule has 0 amide bonds. The van der Waals surface area contributed by atoms with Crippen molar-refractivity contribution in [1.82, 2.24) is 9.97 Å². The van der Waals surface area contributed by atoms with E-state index in [9.17, 15) is 0 Å². The lowest BCUT2D eigenvalue weighted by Gasteiger charge is -2.15. The van der Waals surface area contributed by atoms with Gasteiger partial charge in [0, 0.05) is 23.6 Å². The van der Waals surface area contributed by atoms with Crippen molar-refractivity contribution < 1.29 is 0 Å². The quantitative estimate of drug-likeness (QED) is 0.807. The predicted molar refractivity (Wildman–Crippen MR) is 82.2 cm³/mol. The molecule has 0 spiro atoms. The molecule has 0 aliphatic rings. The van der Waals surface area contributed by atoms with Crippen LogP contribution in [0.1, 0.15) is 18.5 Å². The van der Waals surface area contributed by atoms with E-state index in [-0.39, 0.29) is 12.0 Å². The Bertz CT molecular complexity index is 555. The molecule has 0 aliphatic heterocycles. The molecule has 100 valence electrons. The zero-order chi connectivity index (χ0) is 13.8. The van der Waals surface area contributed by atoms with Crippen LogP contribution in [-0.4, -0.2) is 17.0 Å². The Morgan fingerprint density at radius 1 is 1.16 bits per heavy atom. The summed E-state index contributed by atoms with van der Waals surface area (Å²) >= 11 is 3.42. The maximum Gasteiger partial charge on any atom is 0.223 e. The van der Waals surface area contributed by atoms with Crippen molar-refractivity contribution in [3.63, 3.8) is 0 Å². The van der Waals surface area contributed by atoms with Crippen LogP contribution in [0.25, 0.3) is 0 Å². The number of nitrogen functional groups attached to an aromatic ring is 1. The number of hydrogen-bond donors (Lipinski definition) is 3. The van der Waals surface area contributed by atoms with Gasteiger partial charge in [0.1, 0.15) is 11.6 Å². The van der Waals surface area contributed by atoms with Crippen molar-refractivity contribution in [2.45, 2.75) is 13.0 Å². The average Bonchev–Trinajstić information content (AvgIpc) is 2.38. The summed E-state index contributed by atoms with van der Waals surface area (Å²) in [4.78, 5) is 8.22. The molecular weight excluding hydrogens is 306 g/mol. The van der Waals surface area contributed by atoms with Crippen LogP contribution in [0.3, 0.4) is 0 Å². The zero-order valence-electron chi connectivity index (χ0n) is 10.8. The van der Waals surface area contributed by atoms with Crippen molar-refractivity contribution in [3.05, 3.63) is 40.4 Å². The minimum Gasteiger partial charge on any atom is -0.373 e. The van der Waals surface area contributed by atoms with Gasteiger partial charge in [-0.15, -0.1) is 0 Å². The van der Waals surface area contributed by atoms with Crippen LogP contribution in [-0.2, 0) is 0 Å². The molecule has 2 rings (SSSR count). The molecule has 1 aromatic heterocycles. The number of halogens is 1. The lowest BCUT2D eigenvalue weighted by Crippen LogP contribution is -2.10. The van der Waals surface area contributed by atoms with Gasteiger partial charge in [0.05, 0.1) is 0 Å². The fraction of sp³-hybridized carbons (Fsp3) is 0.231. The molecule has 5 nitrogen and oxygen atoms in total. The summed E-state index contributed by atoms with van der Waals surface area (Å²) in [6.07, 6.45) is 0. The van der Waals surface area contributed by atoms with Crippen molar-refractivity contribution in [2.75, 3.05) is 23.4 Å². The van der Waals surface area contributed by atoms with Gasteiger partial charge in [-0.1, -0.05) is 28.1 Å². The lowest BCUT2D eigenvalue weighted by molar-refractivity contribution is 0.873. The largest absolute Gasteiger partial charge is 0.373 e. The molecule has 6 heteroatoms. The molecule has 1 unspecified atom stereocenters. The number of rotatable bonds is 4. The monoisotopic (exact) mass is 321 g/mol. The van der Waals surface area contributed by atoms with E-state index in [0.29, 0.717) is 11.6 Å². The van der Waals surface area contributed by atoms with E-state index in [1.165, 1.54) is 5.56 Å². The highest BCUT2D eigenvalue weighted by molar-refractivity contribution is 9.10. The van der Waals surface area contributed by atoms with E-state index in [1.54, 1.807) is 7.05 Å². The van der Waals surface area contributed by atoms with Gasteiger partial charge in [-0.2, -0.15) is 9.97 Å². The number of benzene rings is 1. The summed E-state index contributed by atoms with van der Waals surface area (Å²) in [5.41, 5.74) is 6.83. The highest BCUT2D eigenvalue weighted by atomic mass is 79.9. The minimum absolute atomic E-state index is 0.132. The standard InChI is InChI=1S/C13H16BrN5/c1-8(9-3-5-10(14)6-4-9)17-12-7-11(16-2)18-13(15)19-12/h3-8H,1-2H3,(H4,15,16,17,18,19). The first-order chi connectivity index (χ1) is 9.08. The second-order valence-electron chi connectivity index (χ2n) is 4.16. The van der Waals surface area contributed by atoms with E-state index in [4.69, 9.17) is 5.73 Å². The number of anilines is 3. The average molecular weight is 322 g/mol. The molecule has 0 bridgehead atoms. The molecule has 2 aromatic rings. The third kappa shape index (κ3) is 3.57. The fourth-order valence-corrected chi connectivity index (χ4v) is 1.99. The molecule has 0 fully saturated rings. The highest BCUT2D eigenvalue weighted by Gasteiger charge is 2.07. The van der Waals surface area contributed by atoms with Gasteiger partial charge in [0.25, 0.3) is 0 Å². The summed E-state index contributed by atoms with van der Waals surface area (Å²) in [6, 6.07) is 10.1. The zero-order valence-corrected chi connectivity index (χ0v) is 12.4. The van der Waals surface area contributed by atoms with Crippen LogP contribution < -0.4 is 16.4 Å². The molecule has 1 atom stereocenters. The van der Waals surface area contributed by atoms with Gasteiger partial charge in [-0.05, 0) is 24.6 Å². The molecule has 0 aliphatic carbocycles. The van der Waals surface area contributed by atoms with Gasteiger partial charge >= 0.3 is 0 Å². The summed E-state index contributed by atoms with van der Waals surface area (Å²) in [5, 5.41) is 6.26. The second kappa shape index (κ2) is 5.88. The van der Waals surface area contributed by atoms with Gasteiger partial charge < -0.3 is 16.4 Å². The Labute approximate surface area is 120 Å². The summed E-state index contributed by atoms with van der Waals surface area (Å²) < 4.78 is 1.06. The molecular formula is C13H16BrN5. The number of nitrogens with two attached hydrogens (primary N) is 1. The normalized spacial score (nSPS) is 11.9. The maximum absolute atomic E-state index is 5.66. The molecule has 1 aromatic carbocycles. The van der Waals surface area contributed by atoms with E-state index in [2.05, 4.69) is 55.6 Å². The third-order valence-electron chi connectivity index (χ3n) is 2.73. The number of nitrogens with zero attached hydrogens (tertiary/aromatic N) is 2. The SMILES string of the molecule is CNc1cc(NC(C)c2ccc(Br)cc2)nc(N)n1. The van der Waals surface area contributed by atoms with Gasteiger partial charge in [0.15, 0.2) is 0 Å². The van der Waals surface area contributed by atoms with E-state index < -0.39 is 0 Å². The smallest absolute Gasteiger partial charge is 0.223 e. The van der Waals surface area contributed by atoms with Gasteiger partial charge in [0.2, 0.25) is 5.95 Å². The summed E-state index contributed by atoms with van der Waals surface area (Å²) in [5.74, 6) is 1.64. The summed E-state index contributed by atoms with van der Waals surface area (Å²) in [6.45, 7) is 2.07. The predicted octanol–water partition coefficient (Wildman–Crippen LogP) is 3.04. The van der Waals surface area contributed by atoms with Gasteiger partial charge in [-0.3, -0.25) is 0 Å². The van der Waals surface area contributed by atoms with Crippen LogP contribution >= 0.6 is 15.9 Å². The Hall–Kier alpha value is -1.82. The molecule has 1 heterocycles. The van der Waals surface area contributed by atoms with E-state index in [0.717, 1.165) is 4.47 Å². The van der Waals surface area contributed by atoms with Crippen molar-refractivity contribution >= 4 is 33.5 Å². The minimum atomic E-state index is 0.132. The van der Waals surface area contributed by atoms with Crippen molar-refractivity contribution in [2.24, 2.45) is 0 Å². The Balaban J connectivity index is 2.16. The molecule has 4 N–H and O–H groups in total. The first-order valence-electron chi connectivity index (χ1n) is 5.93. The first kappa shape index (κ1) is 13.6. The Kier molecular flexibility index (Phi) is 4.21. The molecule has 0 radical (unpaired) electrons. The summed E-state index contributed by atoms with van der Waals surface area (Å²) in [7, 11) is 1.80. The van der Waals surface area contributed by atoms with E-state index in [1.807, 2.05) is 18.2 Å². The third-order valence-corrected chi connectivity index (χ3v) is 3.26. The highest BCUT2D eigenvalue weighted by Crippen LogP contribution is 2.21. The lowest BCUT2D eigenvalue weighted by atomic mass is 10.1. The maximum atomic E-state index is 5.66. The van der Waals surface area contributed by atoms with Crippen LogP contribution in [0.2, 0.25) is 0 Å². The van der Waals surface area contributed by atoms with Gasteiger partial charge in [-0.25, -0.2) is 0 Å². The fourth-order valence-electron chi connectivity index (χ4n) is 1.72. The Morgan fingerprint density at radius 3 is 2.42 bits per heavy atom. The van der Waals surface area contributed by atoms with Crippen molar-refractivity contribution in [3.8, 4) is 0 Å². The first-order valence-corrected chi connectivity index (χ1v) is 6.72. The van der Waals surface area contributed by atoms with Crippen LogP contribution in [0.5, 0.6) is 0 Å². The van der Waals surface area contributed by atoms with Crippen LogP contribution in [0.4, 0.5) is 17.6 Å². The molecule has 0 saturated heterocycles. The topological polar surface area (TPSA) is 75.9 Å². The van der Waals surface area contributed by atoms with E-state index >= 15 is 0 Å². The van der Waals surface area contributed by atoms with Crippen molar-refractivity contribution in [1.29, 1.82) is 0 Å². The second-order valence-corrected chi connectivity index (χ2v) is 5.08. The number of nitrogens with one attached hydrogen (secondary N) is 2. The van der Waals surface area contributed by atoms with Crippen LogP contribution in [0.15, 0.2) is 34.8 Å². The number of aromatic nitrogens is 2. The van der Waals surface area contributed by atoms with Crippen LogP contribution in [0, 0.1) is 0 Å². The molecule has 0 saturated carbocycles.